The SMILES string of the molecule is CC1CCCC(N(C)C2Cc3ccccc3C2O)C1. The summed E-state index contributed by atoms with van der Waals surface area (Å²) in [6.07, 6.45) is 5.98. The Morgan fingerprint density at radius 2 is 2.00 bits per heavy atom. The summed E-state index contributed by atoms with van der Waals surface area (Å²) in [7, 11) is 2.21. The van der Waals surface area contributed by atoms with E-state index >= 15 is 0 Å². The molecule has 0 aliphatic heterocycles. The third kappa shape index (κ3) is 2.44. The van der Waals surface area contributed by atoms with Crippen LogP contribution in [-0.2, 0) is 6.42 Å². The highest BCUT2D eigenvalue weighted by atomic mass is 16.3. The molecule has 0 saturated heterocycles. The lowest BCUT2D eigenvalue weighted by molar-refractivity contribution is 0.0344. The molecule has 0 spiro atoms. The van der Waals surface area contributed by atoms with Crippen molar-refractivity contribution in [2.45, 2.75) is 57.2 Å². The fraction of sp³-hybridized carbons (Fsp3) is 0.647. The maximum Gasteiger partial charge on any atom is 0.0951 e. The number of hydrogen-bond acceptors (Lipinski definition) is 2. The van der Waals surface area contributed by atoms with E-state index in [1.54, 1.807) is 0 Å². The molecule has 2 aliphatic carbocycles. The van der Waals surface area contributed by atoms with Crippen molar-refractivity contribution in [3.8, 4) is 0 Å². The first-order valence-corrected chi connectivity index (χ1v) is 7.64. The van der Waals surface area contributed by atoms with Gasteiger partial charge in [0.2, 0.25) is 0 Å². The number of nitrogens with zero attached hydrogens (tertiary/aromatic N) is 1. The van der Waals surface area contributed by atoms with E-state index in [0.29, 0.717) is 6.04 Å². The monoisotopic (exact) mass is 259 g/mol. The predicted octanol–water partition coefficient (Wildman–Crippen LogP) is 3.16. The molecule has 0 radical (unpaired) electrons. The lowest BCUT2D eigenvalue weighted by Crippen LogP contribution is -2.44. The van der Waals surface area contributed by atoms with Gasteiger partial charge in [-0.1, -0.05) is 44.0 Å². The molecule has 2 aliphatic rings. The van der Waals surface area contributed by atoms with Crippen molar-refractivity contribution in [2.75, 3.05) is 7.05 Å². The fourth-order valence-electron chi connectivity index (χ4n) is 3.96. The van der Waals surface area contributed by atoms with Crippen molar-refractivity contribution in [2.24, 2.45) is 5.92 Å². The molecule has 19 heavy (non-hydrogen) atoms. The Bertz CT molecular complexity index is 445. The molecule has 1 N–H and O–H groups in total. The van der Waals surface area contributed by atoms with Crippen LogP contribution in [0.3, 0.4) is 0 Å². The zero-order valence-corrected chi connectivity index (χ0v) is 12.0. The molecule has 1 aromatic carbocycles. The summed E-state index contributed by atoms with van der Waals surface area (Å²) in [5, 5.41) is 10.6. The molecular weight excluding hydrogens is 234 g/mol. The Morgan fingerprint density at radius 1 is 1.21 bits per heavy atom. The standard InChI is InChI=1S/C17H25NO/c1-12-6-5-8-14(10-12)18(2)16-11-13-7-3-4-9-15(13)17(16)19/h3-4,7,9,12,14,16-17,19H,5-6,8,10-11H2,1-2H3. The smallest absolute Gasteiger partial charge is 0.0951 e. The minimum Gasteiger partial charge on any atom is -0.387 e. The Balaban J connectivity index is 1.74. The van der Waals surface area contributed by atoms with E-state index in [1.165, 1.54) is 31.2 Å². The molecule has 2 nitrogen and oxygen atoms in total. The van der Waals surface area contributed by atoms with Gasteiger partial charge in [0.05, 0.1) is 6.10 Å². The molecule has 4 atom stereocenters. The number of aliphatic hydroxyl groups is 1. The van der Waals surface area contributed by atoms with Gasteiger partial charge in [-0.15, -0.1) is 0 Å². The lowest BCUT2D eigenvalue weighted by atomic mass is 9.85. The first-order chi connectivity index (χ1) is 9.16. The second-order valence-corrected chi connectivity index (χ2v) is 6.51. The second kappa shape index (κ2) is 5.26. The molecule has 1 fully saturated rings. The van der Waals surface area contributed by atoms with Gasteiger partial charge in [0.15, 0.2) is 0 Å². The van der Waals surface area contributed by atoms with Gasteiger partial charge in [-0.25, -0.2) is 0 Å². The number of benzene rings is 1. The molecule has 0 heterocycles. The number of hydrogen-bond donors (Lipinski definition) is 1. The van der Waals surface area contributed by atoms with E-state index in [-0.39, 0.29) is 12.1 Å². The molecular formula is C17H25NO. The van der Waals surface area contributed by atoms with Gasteiger partial charge >= 0.3 is 0 Å². The van der Waals surface area contributed by atoms with Crippen LogP contribution in [-0.4, -0.2) is 29.1 Å². The van der Waals surface area contributed by atoms with Crippen LogP contribution in [0.1, 0.15) is 49.8 Å². The van der Waals surface area contributed by atoms with E-state index in [4.69, 9.17) is 0 Å². The van der Waals surface area contributed by atoms with Crippen LogP contribution in [0.4, 0.5) is 0 Å². The molecule has 3 rings (SSSR count). The predicted molar refractivity (Wildman–Crippen MR) is 78.1 cm³/mol. The lowest BCUT2D eigenvalue weighted by Gasteiger charge is -2.38. The maximum atomic E-state index is 10.6. The van der Waals surface area contributed by atoms with Crippen LogP contribution >= 0.6 is 0 Å². The first-order valence-electron chi connectivity index (χ1n) is 7.64. The summed E-state index contributed by atoms with van der Waals surface area (Å²) >= 11 is 0. The zero-order chi connectivity index (χ0) is 13.4. The Kier molecular flexibility index (Phi) is 3.64. The van der Waals surface area contributed by atoms with E-state index in [1.807, 2.05) is 6.07 Å². The number of fused-ring (bicyclic) bond motifs is 1. The maximum absolute atomic E-state index is 10.6. The van der Waals surface area contributed by atoms with Crippen molar-refractivity contribution < 1.29 is 5.11 Å². The topological polar surface area (TPSA) is 23.5 Å². The quantitative estimate of drug-likeness (QED) is 0.882. The summed E-state index contributed by atoms with van der Waals surface area (Å²) in [4.78, 5) is 2.46. The van der Waals surface area contributed by atoms with Crippen molar-refractivity contribution in [1.29, 1.82) is 0 Å². The van der Waals surface area contributed by atoms with Crippen molar-refractivity contribution in [3.63, 3.8) is 0 Å². The molecule has 0 bridgehead atoms. The third-order valence-electron chi connectivity index (χ3n) is 5.18. The molecule has 1 saturated carbocycles. The van der Waals surface area contributed by atoms with Gasteiger partial charge in [-0.05, 0) is 43.4 Å². The average molecular weight is 259 g/mol. The van der Waals surface area contributed by atoms with Crippen molar-refractivity contribution in [3.05, 3.63) is 35.4 Å². The minimum atomic E-state index is -0.307. The van der Waals surface area contributed by atoms with E-state index in [2.05, 4.69) is 37.1 Å². The highest BCUT2D eigenvalue weighted by molar-refractivity contribution is 5.35. The second-order valence-electron chi connectivity index (χ2n) is 6.51. The summed E-state index contributed by atoms with van der Waals surface area (Å²) < 4.78 is 0. The molecule has 2 heteroatoms. The first kappa shape index (κ1) is 13.1. The van der Waals surface area contributed by atoms with Crippen LogP contribution in [0.2, 0.25) is 0 Å². The van der Waals surface area contributed by atoms with Crippen molar-refractivity contribution in [1.82, 2.24) is 4.90 Å². The van der Waals surface area contributed by atoms with Crippen LogP contribution < -0.4 is 0 Å². The van der Waals surface area contributed by atoms with E-state index < -0.39 is 0 Å². The minimum absolute atomic E-state index is 0.271. The number of aliphatic hydroxyl groups excluding tert-OH is 1. The average Bonchev–Trinajstić information content (AvgIpc) is 2.76. The summed E-state index contributed by atoms with van der Waals surface area (Å²) in [6, 6.07) is 9.28. The van der Waals surface area contributed by atoms with Crippen molar-refractivity contribution >= 4 is 0 Å². The van der Waals surface area contributed by atoms with Gasteiger partial charge < -0.3 is 5.11 Å². The van der Waals surface area contributed by atoms with Crippen LogP contribution in [0.15, 0.2) is 24.3 Å². The Labute approximate surface area is 116 Å². The van der Waals surface area contributed by atoms with Gasteiger partial charge in [-0.3, -0.25) is 4.90 Å². The normalized spacial score (nSPS) is 34.5. The highest BCUT2D eigenvalue weighted by Gasteiger charge is 2.36. The molecule has 104 valence electrons. The molecule has 0 amide bonds. The largest absolute Gasteiger partial charge is 0.387 e. The fourth-order valence-corrected chi connectivity index (χ4v) is 3.96. The third-order valence-corrected chi connectivity index (χ3v) is 5.18. The van der Waals surface area contributed by atoms with Crippen LogP contribution in [0.5, 0.6) is 0 Å². The van der Waals surface area contributed by atoms with E-state index in [9.17, 15) is 5.11 Å². The van der Waals surface area contributed by atoms with Crippen LogP contribution in [0.25, 0.3) is 0 Å². The summed E-state index contributed by atoms with van der Waals surface area (Å²) in [6.45, 7) is 2.36. The number of likely N-dealkylation sites (N-methyl/N-ethyl adjacent to an activating group) is 1. The van der Waals surface area contributed by atoms with Gasteiger partial charge in [0, 0.05) is 12.1 Å². The van der Waals surface area contributed by atoms with Gasteiger partial charge in [-0.2, -0.15) is 0 Å². The summed E-state index contributed by atoms with van der Waals surface area (Å²) in [5.41, 5.74) is 2.47. The van der Waals surface area contributed by atoms with Gasteiger partial charge in [0.25, 0.3) is 0 Å². The molecule has 0 aromatic heterocycles. The Hall–Kier alpha value is -0.860. The molecule has 4 unspecified atom stereocenters. The number of rotatable bonds is 2. The zero-order valence-electron chi connectivity index (χ0n) is 12.0. The molecule has 1 aromatic rings. The van der Waals surface area contributed by atoms with E-state index in [0.717, 1.165) is 17.9 Å². The Morgan fingerprint density at radius 3 is 2.74 bits per heavy atom. The highest BCUT2D eigenvalue weighted by Crippen LogP contribution is 2.37. The van der Waals surface area contributed by atoms with Crippen LogP contribution in [0, 0.1) is 5.92 Å². The summed E-state index contributed by atoms with van der Waals surface area (Å²) in [5.74, 6) is 0.835. The van der Waals surface area contributed by atoms with Gasteiger partial charge in [0.1, 0.15) is 0 Å².